The smallest absolute Gasteiger partial charge is 0.153 e. The van der Waals surface area contributed by atoms with Crippen LogP contribution in [0.5, 0.6) is 0 Å². The Balaban J connectivity index is 2.81. The first-order chi connectivity index (χ1) is 6.24. The zero-order valence-electron chi connectivity index (χ0n) is 6.87. The minimum absolute atomic E-state index is 0.354. The standard InChI is InChI=1S/C8H9BrClN3/c9-4-2-1-3-6-5-7(10)12-13-8(6)11/h1,3,5H,2,4H2,(H2,11,13). The lowest BCUT2D eigenvalue weighted by Crippen LogP contribution is -1.96. The molecule has 0 aromatic carbocycles. The predicted molar refractivity (Wildman–Crippen MR) is 58.9 cm³/mol. The molecule has 13 heavy (non-hydrogen) atoms. The van der Waals surface area contributed by atoms with Crippen molar-refractivity contribution < 1.29 is 0 Å². The molecular weight excluding hydrogens is 253 g/mol. The highest BCUT2D eigenvalue weighted by molar-refractivity contribution is 9.09. The first-order valence-corrected chi connectivity index (χ1v) is 5.25. The van der Waals surface area contributed by atoms with Crippen LogP contribution >= 0.6 is 27.5 Å². The molecule has 1 heterocycles. The first-order valence-electron chi connectivity index (χ1n) is 3.75. The van der Waals surface area contributed by atoms with Crippen LogP contribution < -0.4 is 5.73 Å². The molecule has 0 aliphatic rings. The molecule has 3 nitrogen and oxygen atoms in total. The number of nitrogen functional groups attached to an aromatic ring is 1. The van der Waals surface area contributed by atoms with Gasteiger partial charge in [-0.05, 0) is 12.5 Å². The molecule has 0 radical (unpaired) electrons. The van der Waals surface area contributed by atoms with Gasteiger partial charge in [0.05, 0.1) is 0 Å². The lowest BCUT2D eigenvalue weighted by atomic mass is 10.2. The zero-order valence-corrected chi connectivity index (χ0v) is 9.22. The van der Waals surface area contributed by atoms with Gasteiger partial charge in [0, 0.05) is 10.9 Å². The Bertz CT molecular complexity index is 314. The van der Waals surface area contributed by atoms with E-state index in [0.717, 1.165) is 17.3 Å². The van der Waals surface area contributed by atoms with Crippen LogP contribution in [0.2, 0.25) is 5.15 Å². The summed E-state index contributed by atoms with van der Waals surface area (Å²) in [5.74, 6) is 0.398. The van der Waals surface area contributed by atoms with Gasteiger partial charge in [0.2, 0.25) is 0 Å². The van der Waals surface area contributed by atoms with Crippen molar-refractivity contribution in [3.8, 4) is 0 Å². The van der Waals surface area contributed by atoms with E-state index in [-0.39, 0.29) is 0 Å². The molecule has 1 aromatic heterocycles. The van der Waals surface area contributed by atoms with Gasteiger partial charge in [-0.3, -0.25) is 0 Å². The molecule has 1 rings (SSSR count). The minimum atomic E-state index is 0.354. The van der Waals surface area contributed by atoms with Gasteiger partial charge in [-0.25, -0.2) is 0 Å². The fraction of sp³-hybridized carbons (Fsp3) is 0.250. The second-order valence-electron chi connectivity index (χ2n) is 2.39. The highest BCUT2D eigenvalue weighted by Crippen LogP contribution is 2.14. The number of hydrogen-bond acceptors (Lipinski definition) is 3. The Morgan fingerprint density at radius 2 is 2.31 bits per heavy atom. The lowest BCUT2D eigenvalue weighted by Gasteiger charge is -1.97. The summed E-state index contributed by atoms with van der Waals surface area (Å²) < 4.78 is 0. The Kier molecular flexibility index (Phi) is 4.18. The summed E-state index contributed by atoms with van der Waals surface area (Å²) >= 11 is 8.98. The average Bonchev–Trinajstić information content (AvgIpc) is 2.11. The summed E-state index contributed by atoms with van der Waals surface area (Å²) in [6.45, 7) is 0. The summed E-state index contributed by atoms with van der Waals surface area (Å²) in [4.78, 5) is 0. The van der Waals surface area contributed by atoms with Gasteiger partial charge in [0.25, 0.3) is 0 Å². The fourth-order valence-corrected chi connectivity index (χ4v) is 1.22. The average molecular weight is 263 g/mol. The van der Waals surface area contributed by atoms with Gasteiger partial charge in [-0.1, -0.05) is 39.7 Å². The summed E-state index contributed by atoms with van der Waals surface area (Å²) in [5.41, 5.74) is 6.38. The van der Waals surface area contributed by atoms with Crippen molar-refractivity contribution in [1.82, 2.24) is 10.2 Å². The molecule has 0 atom stereocenters. The van der Waals surface area contributed by atoms with Crippen LogP contribution in [0.25, 0.3) is 6.08 Å². The van der Waals surface area contributed by atoms with Crippen LogP contribution in [-0.4, -0.2) is 15.5 Å². The summed E-state index contributed by atoms with van der Waals surface area (Å²) in [6, 6.07) is 1.69. The van der Waals surface area contributed by atoms with Crippen molar-refractivity contribution in [3.63, 3.8) is 0 Å². The number of hydrogen-bond donors (Lipinski definition) is 1. The van der Waals surface area contributed by atoms with Crippen molar-refractivity contribution in [2.24, 2.45) is 0 Å². The SMILES string of the molecule is Nc1nnc(Cl)cc1C=CCCBr. The van der Waals surface area contributed by atoms with Gasteiger partial charge >= 0.3 is 0 Å². The number of alkyl halides is 1. The van der Waals surface area contributed by atoms with Gasteiger partial charge in [-0.2, -0.15) is 0 Å². The van der Waals surface area contributed by atoms with E-state index in [9.17, 15) is 0 Å². The highest BCUT2D eigenvalue weighted by atomic mass is 79.9. The third-order valence-electron chi connectivity index (χ3n) is 1.40. The number of rotatable bonds is 3. The van der Waals surface area contributed by atoms with E-state index in [4.69, 9.17) is 17.3 Å². The van der Waals surface area contributed by atoms with E-state index in [0.29, 0.717) is 11.0 Å². The molecule has 0 aliphatic heterocycles. The molecule has 70 valence electrons. The van der Waals surface area contributed by atoms with Crippen LogP contribution in [0.3, 0.4) is 0 Å². The molecule has 1 aromatic rings. The van der Waals surface area contributed by atoms with Crippen LogP contribution in [-0.2, 0) is 0 Å². The van der Waals surface area contributed by atoms with Gasteiger partial charge in [-0.15, -0.1) is 10.2 Å². The highest BCUT2D eigenvalue weighted by Gasteiger charge is 1.98. The molecule has 5 heteroatoms. The summed E-state index contributed by atoms with van der Waals surface area (Å²) in [5, 5.41) is 8.59. The normalized spacial score (nSPS) is 10.9. The van der Waals surface area contributed by atoms with Crippen molar-refractivity contribution in [2.45, 2.75) is 6.42 Å². The van der Waals surface area contributed by atoms with Crippen molar-refractivity contribution in [1.29, 1.82) is 0 Å². The largest absolute Gasteiger partial charge is 0.382 e. The molecule has 0 spiro atoms. The molecule has 0 saturated heterocycles. The van der Waals surface area contributed by atoms with E-state index < -0.39 is 0 Å². The van der Waals surface area contributed by atoms with E-state index in [1.54, 1.807) is 6.07 Å². The van der Waals surface area contributed by atoms with Crippen LogP contribution in [0.4, 0.5) is 5.82 Å². The van der Waals surface area contributed by atoms with Crippen molar-refractivity contribution in [3.05, 3.63) is 22.9 Å². The maximum Gasteiger partial charge on any atom is 0.153 e. The molecule has 0 fully saturated rings. The van der Waals surface area contributed by atoms with Gasteiger partial charge in [0.1, 0.15) is 0 Å². The second-order valence-corrected chi connectivity index (χ2v) is 3.57. The number of nitrogens with zero attached hydrogens (tertiary/aromatic N) is 2. The minimum Gasteiger partial charge on any atom is -0.382 e. The molecule has 2 N–H and O–H groups in total. The molecule has 0 bridgehead atoms. The van der Waals surface area contributed by atoms with E-state index in [2.05, 4.69) is 26.1 Å². The van der Waals surface area contributed by atoms with Crippen LogP contribution in [0.15, 0.2) is 12.1 Å². The van der Waals surface area contributed by atoms with Gasteiger partial charge < -0.3 is 5.73 Å². The Hall–Kier alpha value is -0.610. The van der Waals surface area contributed by atoms with E-state index >= 15 is 0 Å². The quantitative estimate of drug-likeness (QED) is 0.852. The molecule has 0 amide bonds. The van der Waals surface area contributed by atoms with Crippen molar-refractivity contribution in [2.75, 3.05) is 11.1 Å². The first kappa shape index (κ1) is 10.5. The molecule has 0 saturated carbocycles. The Morgan fingerprint density at radius 1 is 1.54 bits per heavy atom. The molecule has 0 aliphatic carbocycles. The number of halogens is 2. The Labute approximate surface area is 90.1 Å². The maximum absolute atomic E-state index is 5.66. The molecule has 0 unspecified atom stereocenters. The number of anilines is 1. The maximum atomic E-state index is 5.66. The third kappa shape index (κ3) is 3.32. The Morgan fingerprint density at radius 3 is 3.00 bits per heavy atom. The second kappa shape index (κ2) is 5.19. The molecular formula is C8H9BrClN3. The monoisotopic (exact) mass is 261 g/mol. The lowest BCUT2D eigenvalue weighted by molar-refractivity contribution is 1.04. The third-order valence-corrected chi connectivity index (χ3v) is 2.04. The van der Waals surface area contributed by atoms with Gasteiger partial charge in [0.15, 0.2) is 11.0 Å². The zero-order chi connectivity index (χ0) is 9.68. The van der Waals surface area contributed by atoms with E-state index in [1.165, 1.54) is 0 Å². The van der Waals surface area contributed by atoms with Crippen LogP contribution in [0, 0.1) is 0 Å². The fourth-order valence-electron chi connectivity index (χ4n) is 0.797. The summed E-state index contributed by atoms with van der Waals surface area (Å²) in [7, 11) is 0. The van der Waals surface area contributed by atoms with E-state index in [1.807, 2.05) is 12.2 Å². The van der Waals surface area contributed by atoms with Crippen molar-refractivity contribution >= 4 is 39.4 Å². The van der Waals surface area contributed by atoms with Crippen LogP contribution in [0.1, 0.15) is 12.0 Å². The number of aromatic nitrogens is 2. The topological polar surface area (TPSA) is 51.8 Å². The summed E-state index contributed by atoms with van der Waals surface area (Å²) in [6.07, 6.45) is 4.83. The number of nitrogens with two attached hydrogens (primary N) is 1. The predicted octanol–water partition coefficient (Wildman–Crippen LogP) is 2.51. The number of allylic oxidation sites excluding steroid dienone is 1.